The van der Waals surface area contributed by atoms with E-state index in [1.165, 1.54) is 22.2 Å². The highest BCUT2D eigenvalue weighted by molar-refractivity contribution is 7.99. The van der Waals surface area contributed by atoms with Gasteiger partial charge in [0.2, 0.25) is 11.1 Å². The number of halogens is 1. The van der Waals surface area contributed by atoms with Gasteiger partial charge in [0.15, 0.2) is 5.82 Å². The van der Waals surface area contributed by atoms with E-state index in [1.54, 1.807) is 23.5 Å². The van der Waals surface area contributed by atoms with Crippen LogP contribution < -0.4 is 5.32 Å². The zero-order valence-corrected chi connectivity index (χ0v) is 15.3. The average molecular weight is 379 g/mol. The number of aromatic amines is 1. The summed E-state index contributed by atoms with van der Waals surface area (Å²) in [5, 5.41) is 13.2. The monoisotopic (exact) mass is 378 g/mol. The molecule has 124 valence electrons. The van der Waals surface area contributed by atoms with E-state index in [0.717, 1.165) is 5.56 Å². The standard InChI is InChI=1S/C16H15ClN4OS2/c1-10-6-7-23-13(10)8-18-14(22)9-24-16-19-15(20-21-16)11-2-4-12(17)5-3-11/h2-7H,8-9H2,1H3,(H,18,22)(H,19,20,21). The molecule has 0 unspecified atom stereocenters. The fourth-order valence-electron chi connectivity index (χ4n) is 1.99. The van der Waals surface area contributed by atoms with Gasteiger partial charge in [0.05, 0.1) is 12.3 Å². The molecule has 1 amide bonds. The quantitative estimate of drug-likeness (QED) is 0.638. The molecular weight excluding hydrogens is 364 g/mol. The Labute approximate surface area is 152 Å². The van der Waals surface area contributed by atoms with E-state index >= 15 is 0 Å². The molecule has 3 aromatic rings. The summed E-state index contributed by atoms with van der Waals surface area (Å²) < 4.78 is 0. The van der Waals surface area contributed by atoms with E-state index in [-0.39, 0.29) is 11.7 Å². The van der Waals surface area contributed by atoms with Crippen molar-refractivity contribution in [3.63, 3.8) is 0 Å². The number of aromatic nitrogens is 3. The second-order valence-corrected chi connectivity index (χ2v) is 7.45. The number of benzene rings is 1. The lowest BCUT2D eigenvalue weighted by Crippen LogP contribution is -2.24. The van der Waals surface area contributed by atoms with Gasteiger partial charge in [0, 0.05) is 15.5 Å². The molecule has 2 aromatic heterocycles. The number of rotatable bonds is 6. The van der Waals surface area contributed by atoms with Crippen LogP contribution in [0.25, 0.3) is 11.4 Å². The van der Waals surface area contributed by atoms with Crippen LogP contribution in [0.3, 0.4) is 0 Å². The van der Waals surface area contributed by atoms with Crippen LogP contribution in [0, 0.1) is 6.92 Å². The highest BCUT2D eigenvalue weighted by Crippen LogP contribution is 2.21. The van der Waals surface area contributed by atoms with E-state index in [9.17, 15) is 4.79 Å². The van der Waals surface area contributed by atoms with Crippen molar-refractivity contribution in [1.29, 1.82) is 0 Å². The highest BCUT2D eigenvalue weighted by atomic mass is 35.5. The Balaban J connectivity index is 1.51. The Morgan fingerprint density at radius 3 is 2.83 bits per heavy atom. The van der Waals surface area contributed by atoms with Gasteiger partial charge >= 0.3 is 0 Å². The second kappa shape index (κ2) is 7.83. The lowest BCUT2D eigenvalue weighted by Gasteiger charge is -2.03. The molecule has 0 saturated heterocycles. The lowest BCUT2D eigenvalue weighted by molar-refractivity contribution is -0.118. The van der Waals surface area contributed by atoms with Crippen LogP contribution in [0.2, 0.25) is 5.02 Å². The van der Waals surface area contributed by atoms with Crippen LogP contribution in [-0.4, -0.2) is 26.8 Å². The van der Waals surface area contributed by atoms with Crippen LogP contribution in [0.4, 0.5) is 0 Å². The molecule has 0 saturated carbocycles. The van der Waals surface area contributed by atoms with Crippen LogP contribution in [0.1, 0.15) is 10.4 Å². The van der Waals surface area contributed by atoms with E-state index in [2.05, 4.69) is 20.5 Å². The molecule has 3 rings (SSSR count). The minimum atomic E-state index is -0.0364. The summed E-state index contributed by atoms with van der Waals surface area (Å²) in [5.74, 6) is 0.900. The Morgan fingerprint density at radius 1 is 1.33 bits per heavy atom. The number of amides is 1. The van der Waals surface area contributed by atoms with Crippen molar-refractivity contribution in [3.8, 4) is 11.4 Å². The molecule has 2 N–H and O–H groups in total. The van der Waals surface area contributed by atoms with E-state index in [1.807, 2.05) is 30.5 Å². The molecule has 0 aliphatic rings. The number of nitrogens with one attached hydrogen (secondary N) is 2. The number of carbonyl (C=O) groups excluding carboxylic acids is 1. The maximum absolute atomic E-state index is 11.9. The maximum atomic E-state index is 11.9. The average Bonchev–Trinajstić information content (AvgIpc) is 3.21. The van der Waals surface area contributed by atoms with Crippen LogP contribution in [-0.2, 0) is 11.3 Å². The van der Waals surface area contributed by atoms with Gasteiger partial charge in [-0.1, -0.05) is 23.4 Å². The summed E-state index contributed by atoms with van der Waals surface area (Å²) in [6.45, 7) is 2.60. The highest BCUT2D eigenvalue weighted by Gasteiger charge is 2.09. The van der Waals surface area contributed by atoms with Crippen LogP contribution in [0.15, 0.2) is 40.9 Å². The van der Waals surface area contributed by atoms with Gasteiger partial charge in [0.25, 0.3) is 0 Å². The van der Waals surface area contributed by atoms with Crippen LogP contribution in [0.5, 0.6) is 0 Å². The number of H-pyrrole nitrogens is 1. The van der Waals surface area contributed by atoms with E-state index < -0.39 is 0 Å². The first-order valence-electron chi connectivity index (χ1n) is 7.22. The number of aryl methyl sites for hydroxylation is 1. The minimum Gasteiger partial charge on any atom is -0.350 e. The third-order valence-electron chi connectivity index (χ3n) is 3.33. The van der Waals surface area contributed by atoms with Gasteiger partial charge in [-0.3, -0.25) is 9.89 Å². The Bertz CT molecular complexity index is 829. The number of thioether (sulfide) groups is 1. The van der Waals surface area contributed by atoms with Gasteiger partial charge in [-0.25, -0.2) is 4.98 Å². The van der Waals surface area contributed by atoms with Crippen molar-refractivity contribution < 1.29 is 4.79 Å². The van der Waals surface area contributed by atoms with E-state index in [4.69, 9.17) is 11.6 Å². The molecule has 0 radical (unpaired) electrons. The SMILES string of the molecule is Cc1ccsc1CNC(=O)CSc1n[nH]c(-c2ccc(Cl)cc2)n1. The first-order chi connectivity index (χ1) is 11.6. The molecule has 24 heavy (non-hydrogen) atoms. The molecule has 0 spiro atoms. The molecule has 0 aliphatic carbocycles. The zero-order valence-electron chi connectivity index (χ0n) is 12.9. The number of carbonyl (C=O) groups is 1. The summed E-state index contributed by atoms with van der Waals surface area (Å²) in [7, 11) is 0. The van der Waals surface area contributed by atoms with Gasteiger partial charge in [0.1, 0.15) is 0 Å². The van der Waals surface area contributed by atoms with E-state index in [0.29, 0.717) is 22.5 Å². The Kier molecular flexibility index (Phi) is 5.55. The molecule has 5 nitrogen and oxygen atoms in total. The lowest BCUT2D eigenvalue weighted by atomic mass is 10.2. The summed E-state index contributed by atoms with van der Waals surface area (Å²) in [4.78, 5) is 17.5. The van der Waals surface area contributed by atoms with Crippen molar-refractivity contribution >= 4 is 40.6 Å². The number of thiophene rings is 1. The van der Waals surface area contributed by atoms with Crippen molar-refractivity contribution in [2.45, 2.75) is 18.6 Å². The van der Waals surface area contributed by atoms with Crippen LogP contribution >= 0.6 is 34.7 Å². The third kappa shape index (κ3) is 4.37. The van der Waals surface area contributed by atoms with Crippen molar-refractivity contribution in [1.82, 2.24) is 20.5 Å². The molecule has 1 aromatic carbocycles. The summed E-state index contributed by atoms with van der Waals surface area (Å²) in [5.41, 5.74) is 2.10. The summed E-state index contributed by atoms with van der Waals surface area (Å²) >= 11 is 8.82. The first kappa shape index (κ1) is 17.0. The first-order valence-corrected chi connectivity index (χ1v) is 9.47. The molecule has 2 heterocycles. The smallest absolute Gasteiger partial charge is 0.230 e. The zero-order chi connectivity index (χ0) is 16.9. The second-order valence-electron chi connectivity index (χ2n) is 5.07. The minimum absolute atomic E-state index is 0.0364. The molecule has 0 bridgehead atoms. The Hall–Kier alpha value is -1.83. The fourth-order valence-corrected chi connectivity index (χ4v) is 3.59. The van der Waals surface area contributed by atoms with Gasteiger partial charge in [-0.05, 0) is 48.2 Å². The van der Waals surface area contributed by atoms with Gasteiger partial charge in [-0.15, -0.1) is 16.4 Å². The molecule has 0 atom stereocenters. The number of hydrogen-bond acceptors (Lipinski definition) is 5. The topological polar surface area (TPSA) is 70.7 Å². The number of nitrogens with zero attached hydrogens (tertiary/aromatic N) is 2. The van der Waals surface area contributed by atoms with Crippen molar-refractivity contribution in [3.05, 3.63) is 51.2 Å². The maximum Gasteiger partial charge on any atom is 0.230 e. The molecule has 0 aliphatic heterocycles. The number of hydrogen-bond donors (Lipinski definition) is 2. The molecule has 0 fully saturated rings. The molecule has 8 heteroatoms. The predicted octanol–water partition coefficient (Wildman–Crippen LogP) is 3.90. The molecular formula is C16H15ClN4OS2. The summed E-state index contributed by atoms with van der Waals surface area (Å²) in [6.07, 6.45) is 0. The van der Waals surface area contributed by atoms with Gasteiger partial charge in [-0.2, -0.15) is 0 Å². The Morgan fingerprint density at radius 2 is 2.12 bits per heavy atom. The third-order valence-corrected chi connectivity index (χ3v) is 5.45. The normalized spacial score (nSPS) is 10.8. The van der Waals surface area contributed by atoms with Crippen molar-refractivity contribution in [2.75, 3.05) is 5.75 Å². The largest absolute Gasteiger partial charge is 0.350 e. The summed E-state index contributed by atoms with van der Waals surface area (Å²) in [6, 6.07) is 9.38. The fraction of sp³-hybridized carbons (Fsp3) is 0.188. The van der Waals surface area contributed by atoms with Crippen molar-refractivity contribution in [2.24, 2.45) is 0 Å². The van der Waals surface area contributed by atoms with Gasteiger partial charge < -0.3 is 5.32 Å². The predicted molar refractivity (Wildman–Crippen MR) is 98.5 cm³/mol.